The van der Waals surface area contributed by atoms with Crippen LogP contribution in [-0.4, -0.2) is 10.9 Å². The lowest BCUT2D eigenvalue weighted by Gasteiger charge is -2.08. The Kier molecular flexibility index (Phi) is 3.20. The van der Waals surface area contributed by atoms with Crippen molar-refractivity contribution in [2.45, 2.75) is 6.10 Å². The average molecular weight is 266 g/mol. The van der Waals surface area contributed by atoms with E-state index < -0.39 is 12.0 Å². The highest BCUT2D eigenvalue weighted by Gasteiger charge is 2.36. The fraction of sp³-hybridized carbons (Fsp3) is 0.176. The number of rotatable bonds is 2. The number of hydrogen-bond acceptors (Lipinski definition) is 2. The topological polar surface area (TPSA) is 41.2 Å². The molecule has 1 aromatic carbocycles. The quantitative estimate of drug-likeness (QED) is 0.845. The Morgan fingerprint density at radius 3 is 2.65 bits per heavy atom. The van der Waals surface area contributed by atoms with Crippen molar-refractivity contribution in [1.82, 2.24) is 0 Å². The first-order valence-electron chi connectivity index (χ1n) is 6.62. The fourth-order valence-electron chi connectivity index (χ4n) is 2.60. The Bertz CT molecular complexity index is 691. The second kappa shape index (κ2) is 5.02. The first-order chi connectivity index (χ1) is 9.68. The number of ketones is 1. The van der Waals surface area contributed by atoms with Crippen molar-refractivity contribution in [1.29, 1.82) is 0 Å². The standard InChI is InChI=1S/C17H16NO2/c1-18-11-5-4-6-12(18)9-10-15-16(19)13-7-2-3-8-14(13)17(15)20/h2-11,15-16,19H,1H3/q+1/b10-9+. The lowest BCUT2D eigenvalue weighted by molar-refractivity contribution is -0.673. The van der Waals surface area contributed by atoms with Gasteiger partial charge in [-0.15, -0.1) is 0 Å². The summed E-state index contributed by atoms with van der Waals surface area (Å²) in [7, 11) is 1.95. The van der Waals surface area contributed by atoms with Crippen LogP contribution in [-0.2, 0) is 7.05 Å². The molecule has 1 aliphatic rings. The zero-order chi connectivity index (χ0) is 14.1. The molecule has 2 atom stereocenters. The van der Waals surface area contributed by atoms with Crippen molar-refractivity contribution in [2.75, 3.05) is 0 Å². The van der Waals surface area contributed by atoms with Crippen LogP contribution >= 0.6 is 0 Å². The highest BCUT2D eigenvalue weighted by atomic mass is 16.3. The number of Topliss-reactive ketones (excluding diaryl/α,β-unsaturated/α-hetero) is 1. The number of nitrogens with zero attached hydrogens (tertiary/aromatic N) is 1. The van der Waals surface area contributed by atoms with Crippen LogP contribution in [0.15, 0.2) is 54.7 Å². The van der Waals surface area contributed by atoms with Gasteiger partial charge in [-0.25, -0.2) is 4.57 Å². The van der Waals surface area contributed by atoms with E-state index >= 15 is 0 Å². The van der Waals surface area contributed by atoms with Gasteiger partial charge in [0.15, 0.2) is 12.0 Å². The molecule has 3 heteroatoms. The van der Waals surface area contributed by atoms with Crippen LogP contribution in [0.1, 0.15) is 27.7 Å². The van der Waals surface area contributed by atoms with Crippen LogP contribution in [0.2, 0.25) is 0 Å². The van der Waals surface area contributed by atoms with Gasteiger partial charge >= 0.3 is 0 Å². The molecule has 0 radical (unpaired) electrons. The molecule has 1 aliphatic carbocycles. The number of hydrogen-bond donors (Lipinski definition) is 1. The van der Waals surface area contributed by atoms with E-state index in [2.05, 4.69) is 0 Å². The highest BCUT2D eigenvalue weighted by molar-refractivity contribution is 6.04. The molecule has 2 aromatic rings. The van der Waals surface area contributed by atoms with Crippen LogP contribution in [0.5, 0.6) is 0 Å². The first kappa shape index (κ1) is 12.8. The van der Waals surface area contributed by atoms with Crippen LogP contribution < -0.4 is 4.57 Å². The molecule has 20 heavy (non-hydrogen) atoms. The Balaban J connectivity index is 1.90. The molecule has 0 spiro atoms. The van der Waals surface area contributed by atoms with Gasteiger partial charge in [0.1, 0.15) is 7.05 Å². The Morgan fingerprint density at radius 1 is 1.15 bits per heavy atom. The van der Waals surface area contributed by atoms with E-state index in [-0.39, 0.29) is 5.78 Å². The van der Waals surface area contributed by atoms with Crippen molar-refractivity contribution in [3.63, 3.8) is 0 Å². The minimum absolute atomic E-state index is 0.0112. The van der Waals surface area contributed by atoms with E-state index in [1.54, 1.807) is 12.1 Å². The summed E-state index contributed by atoms with van der Waals surface area (Å²) in [6.07, 6.45) is 4.88. The third-order valence-corrected chi connectivity index (χ3v) is 3.76. The van der Waals surface area contributed by atoms with Gasteiger partial charge in [0.2, 0.25) is 5.69 Å². The third-order valence-electron chi connectivity index (χ3n) is 3.76. The summed E-state index contributed by atoms with van der Waals surface area (Å²) >= 11 is 0. The van der Waals surface area contributed by atoms with Gasteiger partial charge in [0, 0.05) is 23.8 Å². The Hall–Kier alpha value is -2.26. The number of aliphatic hydroxyl groups is 1. The molecule has 2 unspecified atom stereocenters. The predicted octanol–water partition coefficient (Wildman–Crippen LogP) is 2.07. The molecular weight excluding hydrogens is 250 g/mol. The Morgan fingerprint density at radius 2 is 1.90 bits per heavy atom. The van der Waals surface area contributed by atoms with Crippen molar-refractivity contribution < 1.29 is 14.5 Å². The SMILES string of the molecule is C[n+]1ccccc1/C=C/C1C(=O)c2ccccc2C1O. The second-order valence-corrected chi connectivity index (χ2v) is 5.02. The minimum atomic E-state index is -0.746. The van der Waals surface area contributed by atoms with Crippen LogP contribution in [0.25, 0.3) is 6.08 Å². The summed E-state index contributed by atoms with van der Waals surface area (Å²) < 4.78 is 1.97. The zero-order valence-corrected chi connectivity index (χ0v) is 11.2. The largest absolute Gasteiger partial charge is 0.387 e. The highest BCUT2D eigenvalue weighted by Crippen LogP contribution is 2.36. The van der Waals surface area contributed by atoms with E-state index in [9.17, 15) is 9.90 Å². The fourth-order valence-corrected chi connectivity index (χ4v) is 2.60. The normalized spacial score (nSPS) is 21.4. The summed E-state index contributed by atoms with van der Waals surface area (Å²) in [5, 5.41) is 10.3. The van der Waals surface area contributed by atoms with Gasteiger partial charge in [-0.05, 0) is 11.6 Å². The van der Waals surface area contributed by atoms with Gasteiger partial charge < -0.3 is 5.11 Å². The van der Waals surface area contributed by atoms with Gasteiger partial charge in [0.25, 0.3) is 0 Å². The molecule has 1 N–H and O–H groups in total. The van der Waals surface area contributed by atoms with Crippen LogP contribution in [0.4, 0.5) is 0 Å². The van der Waals surface area contributed by atoms with E-state index in [1.807, 2.05) is 60.3 Å². The van der Waals surface area contributed by atoms with Crippen molar-refractivity contribution in [3.05, 3.63) is 71.6 Å². The van der Waals surface area contributed by atoms with Crippen molar-refractivity contribution in [2.24, 2.45) is 13.0 Å². The van der Waals surface area contributed by atoms with E-state index in [1.165, 1.54) is 0 Å². The van der Waals surface area contributed by atoms with Crippen molar-refractivity contribution in [3.8, 4) is 0 Å². The maximum Gasteiger partial charge on any atom is 0.204 e. The summed E-state index contributed by atoms with van der Waals surface area (Å²) in [6.45, 7) is 0. The average Bonchev–Trinajstić information content (AvgIpc) is 2.71. The summed E-state index contributed by atoms with van der Waals surface area (Å²) in [5.74, 6) is -0.504. The Labute approximate surface area is 117 Å². The third kappa shape index (κ3) is 2.06. The molecule has 3 nitrogen and oxygen atoms in total. The molecule has 0 amide bonds. The second-order valence-electron chi connectivity index (χ2n) is 5.02. The van der Waals surface area contributed by atoms with Gasteiger partial charge in [-0.2, -0.15) is 0 Å². The minimum Gasteiger partial charge on any atom is -0.387 e. The maximum absolute atomic E-state index is 12.3. The molecule has 0 fully saturated rings. The van der Waals surface area contributed by atoms with Crippen molar-refractivity contribution >= 4 is 11.9 Å². The number of benzene rings is 1. The van der Waals surface area contributed by atoms with Crippen LogP contribution in [0.3, 0.4) is 0 Å². The first-order valence-corrected chi connectivity index (χ1v) is 6.62. The summed E-state index contributed by atoms with van der Waals surface area (Å²) in [5.41, 5.74) is 2.35. The molecule has 1 aromatic heterocycles. The number of fused-ring (bicyclic) bond motifs is 1. The number of aliphatic hydroxyl groups excluding tert-OH is 1. The predicted molar refractivity (Wildman–Crippen MR) is 75.9 cm³/mol. The smallest absolute Gasteiger partial charge is 0.204 e. The number of carbonyl (C=O) groups is 1. The number of carbonyl (C=O) groups excluding carboxylic acids is 1. The van der Waals surface area contributed by atoms with Gasteiger partial charge in [-0.1, -0.05) is 30.3 Å². The zero-order valence-electron chi connectivity index (χ0n) is 11.2. The molecule has 0 bridgehead atoms. The molecule has 0 aliphatic heterocycles. The molecule has 1 heterocycles. The molecular formula is C17H16NO2+. The van der Waals surface area contributed by atoms with Gasteiger partial charge in [0.05, 0.1) is 12.0 Å². The van der Waals surface area contributed by atoms with Crippen LogP contribution in [0, 0.1) is 5.92 Å². The molecule has 3 rings (SSSR count). The number of aryl methyl sites for hydroxylation is 1. The van der Waals surface area contributed by atoms with E-state index in [0.717, 1.165) is 11.3 Å². The molecule has 0 saturated carbocycles. The van der Waals surface area contributed by atoms with Gasteiger partial charge in [-0.3, -0.25) is 4.79 Å². The van der Waals surface area contributed by atoms with E-state index in [0.29, 0.717) is 5.56 Å². The van der Waals surface area contributed by atoms with E-state index in [4.69, 9.17) is 0 Å². The number of aromatic nitrogens is 1. The lowest BCUT2D eigenvalue weighted by atomic mass is 10.0. The number of pyridine rings is 1. The monoisotopic (exact) mass is 266 g/mol. The molecule has 0 saturated heterocycles. The molecule has 100 valence electrons. The summed E-state index contributed by atoms with van der Waals surface area (Å²) in [4.78, 5) is 12.3. The maximum atomic E-state index is 12.3. The summed E-state index contributed by atoms with van der Waals surface area (Å²) in [6, 6.07) is 13.1. The lowest BCUT2D eigenvalue weighted by Crippen LogP contribution is -2.30.